The van der Waals surface area contributed by atoms with E-state index in [0.29, 0.717) is 12.4 Å². The van der Waals surface area contributed by atoms with Gasteiger partial charge in [-0.3, -0.25) is 5.10 Å². The zero-order valence-electron chi connectivity index (χ0n) is 10.0. The van der Waals surface area contributed by atoms with Crippen LogP contribution in [-0.4, -0.2) is 24.5 Å². The van der Waals surface area contributed by atoms with Crippen molar-refractivity contribution in [3.05, 3.63) is 23.2 Å². The molecule has 98 valence electrons. The summed E-state index contributed by atoms with van der Waals surface area (Å²) >= 11 is 2.88. The van der Waals surface area contributed by atoms with Crippen LogP contribution in [-0.2, 0) is 6.54 Å². The van der Waals surface area contributed by atoms with Crippen LogP contribution in [0.25, 0.3) is 10.6 Å². The molecule has 3 aromatic rings. The van der Waals surface area contributed by atoms with E-state index in [4.69, 9.17) is 5.73 Å². The lowest BCUT2D eigenvalue weighted by Crippen LogP contribution is -2.01. The van der Waals surface area contributed by atoms with Gasteiger partial charge in [0.15, 0.2) is 0 Å². The zero-order valence-corrected chi connectivity index (χ0v) is 11.7. The van der Waals surface area contributed by atoms with E-state index in [1.165, 1.54) is 17.9 Å². The smallest absolute Gasteiger partial charge is 0.149 e. The molecule has 0 bridgehead atoms. The van der Waals surface area contributed by atoms with E-state index < -0.39 is 0 Å². The molecule has 0 aromatic carbocycles. The van der Waals surface area contributed by atoms with Gasteiger partial charge < -0.3 is 11.1 Å². The van der Waals surface area contributed by atoms with Gasteiger partial charge in [-0.15, -0.1) is 11.3 Å². The van der Waals surface area contributed by atoms with Crippen molar-refractivity contribution in [1.82, 2.24) is 24.5 Å². The molecule has 0 aliphatic heterocycles. The summed E-state index contributed by atoms with van der Waals surface area (Å²) in [5.41, 5.74) is 7.76. The van der Waals surface area contributed by atoms with E-state index in [9.17, 15) is 0 Å². The van der Waals surface area contributed by atoms with Crippen molar-refractivity contribution in [3.63, 3.8) is 0 Å². The van der Waals surface area contributed by atoms with Crippen molar-refractivity contribution in [2.24, 2.45) is 0 Å². The van der Waals surface area contributed by atoms with Crippen LogP contribution in [0.2, 0.25) is 0 Å². The van der Waals surface area contributed by atoms with Crippen LogP contribution >= 0.6 is 22.9 Å². The largest absolute Gasteiger partial charge is 0.382 e. The predicted molar refractivity (Wildman–Crippen MR) is 76.1 cm³/mol. The molecule has 0 saturated carbocycles. The summed E-state index contributed by atoms with van der Waals surface area (Å²) < 4.78 is 4.18. The normalized spacial score (nSPS) is 10.8. The number of nitrogens with two attached hydrogens (primary N) is 1. The number of aromatic nitrogens is 5. The van der Waals surface area contributed by atoms with Gasteiger partial charge in [-0.05, 0) is 18.5 Å². The molecule has 0 amide bonds. The Morgan fingerprint density at radius 2 is 2.37 bits per heavy atom. The SMILES string of the molecule is Cc1csc(-c2c(N)nsc2NCc2ncn[nH]2)n1. The molecule has 3 aromatic heterocycles. The average Bonchev–Trinajstić information content (AvgIpc) is 3.08. The highest BCUT2D eigenvalue weighted by Gasteiger charge is 2.16. The van der Waals surface area contributed by atoms with Gasteiger partial charge in [-0.2, -0.15) is 9.47 Å². The number of rotatable bonds is 4. The Hall–Kier alpha value is -2.00. The Labute approximate surface area is 117 Å². The summed E-state index contributed by atoms with van der Waals surface area (Å²) in [5.74, 6) is 1.26. The number of nitrogens with zero attached hydrogens (tertiary/aromatic N) is 4. The van der Waals surface area contributed by atoms with Crippen LogP contribution in [0.1, 0.15) is 11.5 Å². The fraction of sp³-hybridized carbons (Fsp3) is 0.200. The molecule has 0 atom stereocenters. The van der Waals surface area contributed by atoms with E-state index in [-0.39, 0.29) is 0 Å². The topological polar surface area (TPSA) is 105 Å². The maximum atomic E-state index is 5.92. The fourth-order valence-electron chi connectivity index (χ4n) is 1.58. The first kappa shape index (κ1) is 12.1. The summed E-state index contributed by atoms with van der Waals surface area (Å²) in [7, 11) is 0. The minimum absolute atomic E-state index is 0.499. The van der Waals surface area contributed by atoms with Crippen LogP contribution in [0.15, 0.2) is 11.7 Å². The molecule has 3 heterocycles. The van der Waals surface area contributed by atoms with Crippen molar-refractivity contribution >= 4 is 33.7 Å². The van der Waals surface area contributed by atoms with Gasteiger partial charge in [0, 0.05) is 11.1 Å². The molecule has 3 rings (SSSR count). The highest BCUT2D eigenvalue weighted by Crippen LogP contribution is 2.38. The van der Waals surface area contributed by atoms with E-state index in [1.807, 2.05) is 12.3 Å². The monoisotopic (exact) mass is 293 g/mol. The Balaban J connectivity index is 1.86. The third-order valence-corrected chi connectivity index (χ3v) is 4.23. The number of H-pyrrole nitrogens is 1. The van der Waals surface area contributed by atoms with Crippen LogP contribution < -0.4 is 11.1 Å². The van der Waals surface area contributed by atoms with Crippen molar-refractivity contribution in [2.75, 3.05) is 11.1 Å². The molecule has 0 unspecified atom stereocenters. The minimum atomic E-state index is 0.499. The standard InChI is InChI=1S/C10H11N7S2/c1-5-3-18-10(15-5)7-8(11)17-19-9(7)12-2-6-13-4-14-16-6/h3-4,12H,2H2,1H3,(H2,11,17)(H,13,14,16). The molecule has 0 aliphatic rings. The number of anilines is 2. The summed E-state index contributed by atoms with van der Waals surface area (Å²) in [6.45, 7) is 2.50. The Kier molecular flexibility index (Phi) is 3.13. The second kappa shape index (κ2) is 4.94. The van der Waals surface area contributed by atoms with Gasteiger partial charge in [0.1, 0.15) is 28.0 Å². The first-order valence-corrected chi connectivity index (χ1v) is 7.15. The fourth-order valence-corrected chi connectivity index (χ4v) is 3.21. The van der Waals surface area contributed by atoms with E-state index in [0.717, 1.165) is 27.1 Å². The Bertz CT molecular complexity index is 670. The summed E-state index contributed by atoms with van der Waals surface area (Å²) in [6, 6.07) is 0. The number of hydrogen-bond donors (Lipinski definition) is 3. The quantitative estimate of drug-likeness (QED) is 0.678. The summed E-state index contributed by atoms with van der Waals surface area (Å²) in [6.07, 6.45) is 1.48. The van der Waals surface area contributed by atoms with Gasteiger partial charge in [0.2, 0.25) is 0 Å². The number of nitrogens with one attached hydrogen (secondary N) is 2. The lowest BCUT2D eigenvalue weighted by atomic mass is 10.3. The van der Waals surface area contributed by atoms with Gasteiger partial charge in [0.25, 0.3) is 0 Å². The van der Waals surface area contributed by atoms with Crippen LogP contribution in [0.4, 0.5) is 10.8 Å². The van der Waals surface area contributed by atoms with Crippen molar-refractivity contribution in [2.45, 2.75) is 13.5 Å². The molecule has 0 saturated heterocycles. The maximum absolute atomic E-state index is 5.92. The molecule has 0 radical (unpaired) electrons. The molecule has 9 heteroatoms. The Morgan fingerprint density at radius 1 is 1.47 bits per heavy atom. The molecule has 7 nitrogen and oxygen atoms in total. The van der Waals surface area contributed by atoms with E-state index in [2.05, 4.69) is 29.9 Å². The number of hydrogen-bond acceptors (Lipinski definition) is 8. The van der Waals surface area contributed by atoms with Crippen molar-refractivity contribution in [3.8, 4) is 10.6 Å². The third kappa shape index (κ3) is 2.42. The predicted octanol–water partition coefficient (Wildman–Crippen LogP) is 1.89. The highest BCUT2D eigenvalue weighted by molar-refractivity contribution is 7.15. The summed E-state index contributed by atoms with van der Waals surface area (Å²) in [4.78, 5) is 8.50. The maximum Gasteiger partial charge on any atom is 0.149 e. The number of thiazole rings is 1. The number of aryl methyl sites for hydroxylation is 1. The number of aromatic amines is 1. The lowest BCUT2D eigenvalue weighted by molar-refractivity contribution is 0.957. The second-order valence-electron chi connectivity index (χ2n) is 3.85. The summed E-state index contributed by atoms with van der Waals surface area (Å²) in [5, 5.41) is 13.6. The van der Waals surface area contributed by atoms with Crippen LogP contribution in [0.3, 0.4) is 0 Å². The molecular weight excluding hydrogens is 282 g/mol. The average molecular weight is 293 g/mol. The van der Waals surface area contributed by atoms with Crippen LogP contribution in [0, 0.1) is 6.92 Å². The first-order valence-electron chi connectivity index (χ1n) is 5.50. The zero-order chi connectivity index (χ0) is 13.2. The molecule has 0 spiro atoms. The number of nitrogen functional groups attached to an aromatic ring is 1. The first-order chi connectivity index (χ1) is 9.24. The molecule has 0 aliphatic carbocycles. The molecule has 4 N–H and O–H groups in total. The van der Waals surface area contributed by atoms with Crippen molar-refractivity contribution < 1.29 is 0 Å². The molecular formula is C10H11N7S2. The lowest BCUT2D eigenvalue weighted by Gasteiger charge is -2.03. The van der Waals surface area contributed by atoms with Gasteiger partial charge in [-0.1, -0.05) is 0 Å². The molecule has 0 fully saturated rings. The van der Waals surface area contributed by atoms with Gasteiger partial charge >= 0.3 is 0 Å². The van der Waals surface area contributed by atoms with Crippen LogP contribution in [0.5, 0.6) is 0 Å². The second-order valence-corrected chi connectivity index (χ2v) is 5.48. The van der Waals surface area contributed by atoms with Crippen molar-refractivity contribution in [1.29, 1.82) is 0 Å². The highest BCUT2D eigenvalue weighted by atomic mass is 32.1. The van der Waals surface area contributed by atoms with Gasteiger partial charge in [0.05, 0.1) is 12.1 Å². The molecule has 19 heavy (non-hydrogen) atoms. The third-order valence-electron chi connectivity index (χ3n) is 2.43. The van der Waals surface area contributed by atoms with E-state index >= 15 is 0 Å². The van der Waals surface area contributed by atoms with E-state index in [1.54, 1.807) is 11.3 Å². The minimum Gasteiger partial charge on any atom is -0.382 e. The Morgan fingerprint density at radius 3 is 3.05 bits per heavy atom. The van der Waals surface area contributed by atoms with Gasteiger partial charge in [-0.25, -0.2) is 9.97 Å².